The number of rotatable bonds is 11. The van der Waals surface area contributed by atoms with Gasteiger partial charge >= 0.3 is 0 Å². The van der Waals surface area contributed by atoms with Crippen LogP contribution in [-0.4, -0.2) is 19.4 Å². The molecule has 0 spiro atoms. The molecule has 0 radical (unpaired) electrons. The van der Waals surface area contributed by atoms with Gasteiger partial charge in [0.2, 0.25) is 0 Å². The van der Waals surface area contributed by atoms with E-state index in [2.05, 4.69) is 46.9 Å². The molecule has 0 atom stereocenters. The molecular weight excluding hydrogens is 534 g/mol. The van der Waals surface area contributed by atoms with Crippen molar-refractivity contribution in [1.82, 2.24) is 5.32 Å². The minimum absolute atomic E-state index is 0. The standard InChI is InChI=1S/C13H27NO.3C3H8.20CH4/c1-13(15)11-9-7-5-3-4-6-8-10-12-14-2;3*1-3-2;;;;;;;;;;;;;;;;;;;;/h14H,3-12H2,1-2H3;3*3H2,1-2H3;20*1H4. The van der Waals surface area contributed by atoms with E-state index >= 15 is 0 Å². The zero-order chi connectivity index (χ0) is 19.5. The van der Waals surface area contributed by atoms with Crippen LogP contribution in [0.4, 0.5) is 0 Å². The van der Waals surface area contributed by atoms with Gasteiger partial charge in [0.15, 0.2) is 0 Å². The third-order valence-electron chi connectivity index (χ3n) is 2.71. The highest BCUT2D eigenvalue weighted by atomic mass is 16.1. The van der Waals surface area contributed by atoms with Crippen LogP contribution in [0.5, 0.6) is 0 Å². The minimum Gasteiger partial charge on any atom is -0.320 e. The van der Waals surface area contributed by atoms with Crippen molar-refractivity contribution >= 4 is 5.78 Å². The molecule has 0 rings (SSSR count). The van der Waals surface area contributed by atoms with Crippen molar-refractivity contribution < 1.29 is 4.79 Å². The van der Waals surface area contributed by atoms with Gasteiger partial charge in [-0.1, -0.05) is 248 Å². The van der Waals surface area contributed by atoms with Crippen molar-refractivity contribution in [2.75, 3.05) is 13.6 Å². The van der Waals surface area contributed by atoms with Gasteiger partial charge in [-0.3, -0.25) is 0 Å². The van der Waals surface area contributed by atoms with Gasteiger partial charge in [-0.2, -0.15) is 0 Å². The van der Waals surface area contributed by atoms with Gasteiger partial charge < -0.3 is 10.1 Å². The molecule has 0 aliphatic heterocycles. The molecule has 44 heavy (non-hydrogen) atoms. The SMILES string of the molecule is C.C.C.C.C.C.C.C.C.C.C.C.C.C.C.C.C.C.C.C.CCC.CCC.CCC.CNCCCCCCCCCCC(C)=O. The number of hydrogen-bond acceptors (Lipinski definition) is 2. The first kappa shape index (κ1) is 206. The molecule has 0 aromatic heterocycles. The Balaban J connectivity index is -0.00000000572. The van der Waals surface area contributed by atoms with Crippen molar-refractivity contribution in [2.45, 2.75) is 274 Å². The molecule has 0 aliphatic carbocycles. The van der Waals surface area contributed by atoms with Crippen LogP contribution in [0.15, 0.2) is 0 Å². The van der Waals surface area contributed by atoms with Crippen LogP contribution in [-0.2, 0) is 4.79 Å². The van der Waals surface area contributed by atoms with E-state index in [4.69, 9.17) is 0 Å². The molecule has 2 nitrogen and oxygen atoms in total. The van der Waals surface area contributed by atoms with Gasteiger partial charge in [-0.05, 0) is 33.4 Å². The third kappa shape index (κ3) is 508. The van der Waals surface area contributed by atoms with E-state index in [1.54, 1.807) is 6.92 Å². The largest absolute Gasteiger partial charge is 0.320 e. The smallest absolute Gasteiger partial charge is 0.129 e. The first-order valence-corrected chi connectivity index (χ1v) is 10.7. The van der Waals surface area contributed by atoms with Crippen molar-refractivity contribution in [1.29, 1.82) is 0 Å². The second-order valence-corrected chi connectivity index (χ2v) is 6.51. The predicted molar refractivity (Wildman–Crippen MR) is 249 cm³/mol. The van der Waals surface area contributed by atoms with E-state index in [0.717, 1.165) is 19.4 Å². The van der Waals surface area contributed by atoms with Gasteiger partial charge in [-0.25, -0.2) is 0 Å². The molecule has 0 aliphatic rings. The predicted octanol–water partition coefficient (Wildman–Crippen LogP) is 20.3. The summed E-state index contributed by atoms with van der Waals surface area (Å²) in [5, 5.41) is 3.17. The van der Waals surface area contributed by atoms with Crippen LogP contribution < -0.4 is 5.32 Å². The molecule has 0 saturated carbocycles. The monoisotopic (exact) mass is 666 g/mol. The minimum atomic E-state index is 0. The Kier molecular flexibility index (Phi) is 1250. The van der Waals surface area contributed by atoms with Crippen LogP contribution in [0.1, 0.15) is 274 Å². The van der Waals surface area contributed by atoms with Gasteiger partial charge in [-0.15, -0.1) is 0 Å². The maximum Gasteiger partial charge on any atom is 0.129 e. The number of Topliss-reactive ketones (excluding diaryl/α,β-unsaturated/α-hetero) is 1. The lowest BCUT2D eigenvalue weighted by atomic mass is 10.1. The van der Waals surface area contributed by atoms with Crippen LogP contribution in [0.2, 0.25) is 0 Å². The van der Waals surface area contributed by atoms with Gasteiger partial charge in [0, 0.05) is 6.42 Å². The summed E-state index contributed by atoms with van der Waals surface area (Å²) in [4.78, 5) is 10.7. The van der Waals surface area contributed by atoms with E-state index in [1.807, 2.05) is 7.05 Å². The molecule has 0 fully saturated rings. The second kappa shape index (κ2) is 267. The lowest BCUT2D eigenvalue weighted by molar-refractivity contribution is -0.117. The van der Waals surface area contributed by atoms with Crippen molar-refractivity contribution in [3.63, 3.8) is 0 Å². The summed E-state index contributed by atoms with van der Waals surface area (Å²) >= 11 is 0. The first-order chi connectivity index (χ1) is 11.5. The number of carbonyl (C=O) groups is 1. The van der Waals surface area contributed by atoms with Crippen LogP contribution >= 0.6 is 0 Å². The highest BCUT2D eigenvalue weighted by Crippen LogP contribution is 2.09. The number of unbranched alkanes of at least 4 members (excludes halogenated alkanes) is 7. The molecule has 310 valence electrons. The average molecular weight is 667 g/mol. The fourth-order valence-electron chi connectivity index (χ4n) is 1.74. The fourth-order valence-corrected chi connectivity index (χ4v) is 1.74. The summed E-state index contributed by atoms with van der Waals surface area (Å²) in [5.41, 5.74) is 0. The Morgan fingerprint density at radius 1 is 0.364 bits per heavy atom. The Labute approximate surface area is 303 Å². The van der Waals surface area contributed by atoms with E-state index in [-0.39, 0.29) is 149 Å². The molecule has 0 saturated heterocycles. The van der Waals surface area contributed by atoms with E-state index < -0.39 is 0 Å². The number of ketones is 1. The topological polar surface area (TPSA) is 29.1 Å². The summed E-state index contributed by atoms with van der Waals surface area (Å²) in [6.45, 7) is 15.6. The van der Waals surface area contributed by atoms with Crippen molar-refractivity contribution in [3.8, 4) is 0 Å². The molecule has 2 heteroatoms. The highest BCUT2D eigenvalue weighted by Gasteiger charge is 1.94. The summed E-state index contributed by atoms with van der Waals surface area (Å²) in [6, 6.07) is 0. The van der Waals surface area contributed by atoms with Gasteiger partial charge in [0.25, 0.3) is 0 Å². The Bertz CT molecular complexity index is 178. The van der Waals surface area contributed by atoms with Crippen molar-refractivity contribution in [3.05, 3.63) is 0 Å². The van der Waals surface area contributed by atoms with E-state index in [0.29, 0.717) is 5.78 Å². The van der Waals surface area contributed by atoms with Gasteiger partial charge in [0.05, 0.1) is 0 Å². The lowest BCUT2D eigenvalue weighted by Gasteiger charge is -2.01. The van der Waals surface area contributed by atoms with Crippen LogP contribution in [0.25, 0.3) is 0 Å². The fraction of sp³-hybridized carbons (Fsp3) is 0.976. The summed E-state index contributed by atoms with van der Waals surface area (Å²) in [5.74, 6) is 0.335. The average Bonchev–Trinajstić information content (AvgIpc) is 2.51. The zero-order valence-corrected chi connectivity index (χ0v) is 18.6. The molecule has 0 aromatic rings. The second-order valence-electron chi connectivity index (χ2n) is 6.51. The Hall–Kier alpha value is -0.370. The zero-order valence-electron chi connectivity index (χ0n) is 18.6. The quantitative estimate of drug-likeness (QED) is 0.222. The van der Waals surface area contributed by atoms with Crippen LogP contribution in [0.3, 0.4) is 0 Å². The summed E-state index contributed by atoms with van der Waals surface area (Å²) < 4.78 is 0. The maximum atomic E-state index is 10.7. The first-order valence-electron chi connectivity index (χ1n) is 10.7. The Morgan fingerprint density at radius 3 is 0.682 bits per heavy atom. The number of nitrogens with one attached hydrogen (secondary N) is 1. The van der Waals surface area contributed by atoms with Gasteiger partial charge in [0.1, 0.15) is 5.78 Å². The van der Waals surface area contributed by atoms with Crippen LogP contribution in [0, 0.1) is 0 Å². The van der Waals surface area contributed by atoms with Crippen molar-refractivity contribution in [2.24, 2.45) is 0 Å². The maximum absolute atomic E-state index is 10.7. The normalized spacial score (nSPS) is 4.82. The number of hydrogen-bond donors (Lipinski definition) is 1. The van der Waals surface area contributed by atoms with E-state index in [1.165, 1.54) is 64.2 Å². The summed E-state index contributed by atoms with van der Waals surface area (Å²) in [6.07, 6.45) is 14.9. The molecule has 0 bridgehead atoms. The molecule has 1 N–H and O–H groups in total. The lowest BCUT2D eigenvalue weighted by Crippen LogP contribution is -2.06. The highest BCUT2D eigenvalue weighted by molar-refractivity contribution is 5.75. The molecule has 0 amide bonds. The molecular formula is C42H131NO. The molecule has 0 aromatic carbocycles. The summed E-state index contributed by atoms with van der Waals surface area (Å²) in [7, 11) is 2.01. The Morgan fingerprint density at radius 2 is 0.523 bits per heavy atom. The molecule has 0 heterocycles. The third-order valence-corrected chi connectivity index (χ3v) is 2.71. The molecule has 0 unspecified atom stereocenters. The number of carbonyl (C=O) groups excluding carboxylic acids is 1. The van der Waals surface area contributed by atoms with E-state index in [9.17, 15) is 4.79 Å².